The molecule has 0 atom stereocenters. The molecule has 0 fully saturated rings. The highest BCUT2D eigenvalue weighted by atomic mass is 16.3. The summed E-state index contributed by atoms with van der Waals surface area (Å²) in [6.07, 6.45) is 0.839. The number of furan rings is 1. The van der Waals surface area contributed by atoms with Gasteiger partial charge in [-0.3, -0.25) is 0 Å². The number of aryl methyl sites for hydroxylation is 1. The zero-order chi connectivity index (χ0) is 34.8. The quantitative estimate of drug-likeness (QED) is 0.183. The molecule has 2 aromatic heterocycles. The molecule has 52 heavy (non-hydrogen) atoms. The zero-order valence-electron chi connectivity index (χ0n) is 28.9. The van der Waals surface area contributed by atoms with Crippen molar-refractivity contribution in [2.75, 3.05) is 0 Å². The van der Waals surface area contributed by atoms with Gasteiger partial charge in [-0.25, -0.2) is 0 Å². The third-order valence-electron chi connectivity index (χ3n) is 10.8. The monoisotopic (exact) mass is 667 g/mol. The van der Waals surface area contributed by atoms with Crippen molar-refractivity contribution in [3.63, 3.8) is 0 Å². The lowest BCUT2D eigenvalue weighted by molar-refractivity contribution is 0.669. The second-order valence-electron chi connectivity index (χ2n) is 13.7. The van der Waals surface area contributed by atoms with E-state index in [1.165, 1.54) is 38.9 Å². The molecular weight excluding hydrogens is 635 g/mol. The van der Waals surface area contributed by atoms with E-state index in [9.17, 15) is 0 Å². The van der Waals surface area contributed by atoms with E-state index in [0.29, 0.717) is 0 Å². The van der Waals surface area contributed by atoms with Crippen LogP contribution in [0.1, 0.15) is 22.3 Å². The van der Waals surface area contributed by atoms with Crippen molar-refractivity contribution in [1.29, 1.82) is 0 Å². The minimum Gasteiger partial charge on any atom is -0.456 e. The van der Waals surface area contributed by atoms with Gasteiger partial charge < -0.3 is 4.42 Å². The van der Waals surface area contributed by atoms with Crippen LogP contribution in [0.3, 0.4) is 0 Å². The maximum Gasteiger partial charge on any atom is 0.136 e. The van der Waals surface area contributed by atoms with Crippen molar-refractivity contribution in [2.45, 2.75) is 20.3 Å². The maximum absolute atomic E-state index is 6.42. The predicted octanol–water partition coefficient (Wildman–Crippen LogP) is 12.3. The Balaban J connectivity index is 1.37. The Hall–Kier alpha value is -6.65. The van der Waals surface area contributed by atoms with Crippen LogP contribution < -0.4 is 0 Å². The highest BCUT2D eigenvalue weighted by molar-refractivity contribution is 6.15. The Bertz CT molecular complexity index is 2840. The molecule has 10 rings (SSSR count). The van der Waals surface area contributed by atoms with Crippen LogP contribution in [0.25, 0.3) is 89.0 Å². The minimum atomic E-state index is 0.806. The fraction of sp³-hybridized carbons (Fsp3) is 0.0625. The molecule has 0 radical (unpaired) electrons. The summed E-state index contributed by atoms with van der Waals surface area (Å²) in [6.45, 7) is 4.47. The molecule has 0 aliphatic heterocycles. The molecule has 0 unspecified atom stereocenters. The predicted molar refractivity (Wildman–Crippen MR) is 212 cm³/mol. The van der Waals surface area contributed by atoms with E-state index in [1.807, 2.05) is 18.2 Å². The van der Waals surface area contributed by atoms with E-state index >= 15 is 0 Å². The third-order valence-corrected chi connectivity index (χ3v) is 10.8. The molecule has 246 valence electrons. The lowest BCUT2D eigenvalue weighted by Gasteiger charge is -2.23. The number of aromatic nitrogens is 3. The summed E-state index contributed by atoms with van der Waals surface area (Å²) in [6, 6.07) is 53.4. The maximum atomic E-state index is 6.42. The van der Waals surface area contributed by atoms with Crippen LogP contribution >= 0.6 is 0 Å². The number of hydrogen-bond donors (Lipinski definition) is 0. The SMILES string of the molecule is Cc1cc2c(c(-c3c(-c4ccccc4)nnnc3-c3c(-c4ccccc4)cccc3-c3cccc4oc5ccccc5c34)c1C)Cc1ccccc1-2. The molecule has 0 bridgehead atoms. The van der Waals surface area contributed by atoms with E-state index in [-0.39, 0.29) is 0 Å². The topological polar surface area (TPSA) is 51.8 Å². The normalized spacial score (nSPS) is 12.0. The Kier molecular flexibility index (Phi) is 6.97. The fourth-order valence-electron chi connectivity index (χ4n) is 8.28. The Morgan fingerprint density at radius 3 is 1.96 bits per heavy atom. The van der Waals surface area contributed by atoms with Crippen molar-refractivity contribution in [2.24, 2.45) is 0 Å². The van der Waals surface area contributed by atoms with Gasteiger partial charge in [0, 0.05) is 27.5 Å². The summed E-state index contributed by atoms with van der Waals surface area (Å²) < 4.78 is 6.42. The Morgan fingerprint density at radius 1 is 0.481 bits per heavy atom. The highest BCUT2D eigenvalue weighted by Crippen LogP contribution is 2.51. The van der Waals surface area contributed by atoms with Gasteiger partial charge in [0.15, 0.2) is 0 Å². The molecule has 0 amide bonds. The molecule has 7 aromatic carbocycles. The lowest BCUT2D eigenvalue weighted by atomic mass is 9.82. The average Bonchev–Trinajstić information content (AvgIpc) is 3.77. The summed E-state index contributed by atoms with van der Waals surface area (Å²) in [5, 5.41) is 16.7. The number of rotatable bonds is 5. The van der Waals surface area contributed by atoms with Crippen molar-refractivity contribution in [3.05, 3.63) is 174 Å². The van der Waals surface area contributed by atoms with Crippen LogP contribution in [0.4, 0.5) is 0 Å². The number of fused-ring (bicyclic) bond motifs is 6. The molecule has 0 saturated heterocycles. The third kappa shape index (κ3) is 4.65. The van der Waals surface area contributed by atoms with Crippen LogP contribution in [0.2, 0.25) is 0 Å². The molecule has 1 aliphatic carbocycles. The van der Waals surface area contributed by atoms with Crippen LogP contribution in [0, 0.1) is 13.8 Å². The van der Waals surface area contributed by atoms with Gasteiger partial charge in [-0.15, -0.1) is 10.2 Å². The summed E-state index contributed by atoms with van der Waals surface area (Å²) in [7, 11) is 0. The number of para-hydroxylation sites is 1. The zero-order valence-corrected chi connectivity index (χ0v) is 28.9. The first-order valence-corrected chi connectivity index (χ1v) is 17.8. The van der Waals surface area contributed by atoms with Gasteiger partial charge in [0.25, 0.3) is 0 Å². The smallest absolute Gasteiger partial charge is 0.136 e. The largest absolute Gasteiger partial charge is 0.456 e. The number of hydrogen-bond acceptors (Lipinski definition) is 4. The average molecular weight is 668 g/mol. The van der Waals surface area contributed by atoms with Gasteiger partial charge >= 0.3 is 0 Å². The Morgan fingerprint density at radius 2 is 1.12 bits per heavy atom. The highest BCUT2D eigenvalue weighted by Gasteiger charge is 2.31. The van der Waals surface area contributed by atoms with Gasteiger partial charge in [-0.05, 0) is 98.8 Å². The Labute approximate surface area is 302 Å². The van der Waals surface area contributed by atoms with Crippen LogP contribution in [-0.2, 0) is 6.42 Å². The molecule has 1 aliphatic rings. The second-order valence-corrected chi connectivity index (χ2v) is 13.7. The summed E-state index contributed by atoms with van der Waals surface area (Å²) in [4.78, 5) is 0. The first-order valence-electron chi connectivity index (χ1n) is 17.8. The van der Waals surface area contributed by atoms with E-state index in [0.717, 1.165) is 78.7 Å². The molecule has 0 saturated carbocycles. The van der Waals surface area contributed by atoms with E-state index in [4.69, 9.17) is 14.6 Å². The molecule has 9 aromatic rings. The van der Waals surface area contributed by atoms with Gasteiger partial charge in [0.1, 0.15) is 22.6 Å². The molecule has 4 heteroatoms. The van der Waals surface area contributed by atoms with Gasteiger partial charge in [-0.1, -0.05) is 140 Å². The molecular formula is C48H33N3O. The van der Waals surface area contributed by atoms with Crippen molar-refractivity contribution < 1.29 is 4.42 Å². The molecule has 2 heterocycles. The first-order chi connectivity index (χ1) is 25.7. The van der Waals surface area contributed by atoms with Gasteiger partial charge in [0.05, 0.1) is 0 Å². The summed E-state index contributed by atoms with van der Waals surface area (Å²) in [5.41, 5.74) is 19.5. The van der Waals surface area contributed by atoms with Gasteiger partial charge in [0.2, 0.25) is 0 Å². The second kappa shape index (κ2) is 12.0. The molecule has 0 N–H and O–H groups in total. The molecule has 0 spiro atoms. The minimum absolute atomic E-state index is 0.806. The van der Waals surface area contributed by atoms with Crippen molar-refractivity contribution in [3.8, 4) is 67.0 Å². The number of nitrogens with zero attached hydrogens (tertiary/aromatic N) is 3. The van der Waals surface area contributed by atoms with E-state index < -0.39 is 0 Å². The van der Waals surface area contributed by atoms with Gasteiger partial charge in [-0.2, -0.15) is 0 Å². The van der Waals surface area contributed by atoms with Crippen LogP contribution in [-0.4, -0.2) is 15.4 Å². The van der Waals surface area contributed by atoms with Crippen molar-refractivity contribution >= 4 is 21.9 Å². The fourth-order valence-corrected chi connectivity index (χ4v) is 8.28. The van der Waals surface area contributed by atoms with Crippen LogP contribution in [0.5, 0.6) is 0 Å². The summed E-state index contributed by atoms with van der Waals surface area (Å²) >= 11 is 0. The van der Waals surface area contributed by atoms with E-state index in [1.54, 1.807) is 0 Å². The van der Waals surface area contributed by atoms with Crippen molar-refractivity contribution in [1.82, 2.24) is 15.4 Å². The lowest BCUT2D eigenvalue weighted by Crippen LogP contribution is -2.05. The standard InChI is InChI=1S/C48H33N3O/c1-29-27-39-34-20-10-9-19-33(34)28-40(39)43(30(29)2)46-47(32-17-7-4-8-18-32)49-51-50-48(46)45-35(31-15-5-3-6-16-31)22-13-23-37(45)36-24-14-26-42-44(36)38-21-11-12-25-41(38)52-42/h3-27H,28H2,1-2H3. The van der Waals surface area contributed by atoms with E-state index in [2.05, 4.69) is 153 Å². The summed E-state index contributed by atoms with van der Waals surface area (Å²) in [5.74, 6) is 0. The number of benzene rings is 7. The van der Waals surface area contributed by atoms with Crippen LogP contribution in [0.15, 0.2) is 156 Å². The molecule has 4 nitrogen and oxygen atoms in total. The first kappa shape index (κ1) is 30.2.